The molecule has 0 saturated carbocycles. The maximum Gasteiger partial charge on any atom is 0.244 e. The summed E-state index contributed by atoms with van der Waals surface area (Å²) < 4.78 is 34.6. The summed E-state index contributed by atoms with van der Waals surface area (Å²) in [5.41, 5.74) is 3.34. The van der Waals surface area contributed by atoms with Gasteiger partial charge in [-0.2, -0.15) is 5.10 Å². The highest BCUT2D eigenvalue weighted by atomic mass is 32.1. The number of carbonyl (C=O) groups excluding carboxylic acids is 1. The Morgan fingerprint density at radius 1 is 1.22 bits per heavy atom. The van der Waals surface area contributed by atoms with E-state index in [1.807, 2.05) is 30.2 Å². The second-order valence-corrected chi connectivity index (χ2v) is 10.0. The van der Waals surface area contributed by atoms with E-state index in [9.17, 15) is 13.6 Å². The number of rotatable bonds is 7. The third kappa shape index (κ3) is 5.25. The molecule has 1 aromatic carbocycles. The summed E-state index contributed by atoms with van der Waals surface area (Å²) in [6, 6.07) is 5.55. The van der Waals surface area contributed by atoms with Crippen LogP contribution >= 0.6 is 11.3 Å². The van der Waals surface area contributed by atoms with Gasteiger partial charge in [-0.15, -0.1) is 11.3 Å². The fraction of sp³-hybridized carbons (Fsp3) is 0.440. The first-order valence-corrected chi connectivity index (χ1v) is 12.8. The van der Waals surface area contributed by atoms with Gasteiger partial charge in [0.1, 0.15) is 18.9 Å². The lowest BCUT2D eigenvalue weighted by molar-refractivity contribution is -0.133. The Bertz CT molecular complexity index is 1260. The van der Waals surface area contributed by atoms with Crippen LogP contribution in [-0.2, 0) is 16.2 Å². The molecule has 3 aromatic rings. The van der Waals surface area contributed by atoms with Crippen LogP contribution in [0.25, 0.3) is 0 Å². The number of oxime groups is 1. The molecule has 190 valence electrons. The van der Waals surface area contributed by atoms with Crippen LogP contribution in [-0.4, -0.2) is 57.1 Å². The van der Waals surface area contributed by atoms with E-state index in [2.05, 4.69) is 10.3 Å². The molecule has 8 nitrogen and oxygen atoms in total. The molecular formula is C25H27F2N5O3S. The molecule has 1 atom stereocenters. The van der Waals surface area contributed by atoms with Crippen molar-refractivity contribution >= 4 is 23.0 Å². The SMILES string of the molecule is Cc1cc(C)n(CC(=O)N2CCC(c3nc(C4=NOC(COc5c(F)cccc5F)C4)cs3)CC2)n1. The van der Waals surface area contributed by atoms with Gasteiger partial charge in [0.05, 0.1) is 16.4 Å². The monoisotopic (exact) mass is 515 g/mol. The maximum absolute atomic E-state index is 13.8. The number of nitrogens with zero attached hydrogens (tertiary/aromatic N) is 5. The van der Waals surface area contributed by atoms with Crippen LogP contribution in [0.15, 0.2) is 34.8 Å². The van der Waals surface area contributed by atoms with Crippen molar-refractivity contribution in [3.8, 4) is 5.75 Å². The summed E-state index contributed by atoms with van der Waals surface area (Å²) in [6.07, 6.45) is 1.70. The van der Waals surface area contributed by atoms with E-state index in [1.54, 1.807) is 16.0 Å². The van der Waals surface area contributed by atoms with Gasteiger partial charge in [0.15, 0.2) is 23.5 Å². The Morgan fingerprint density at radius 2 is 1.97 bits per heavy atom. The van der Waals surface area contributed by atoms with Gasteiger partial charge in [-0.3, -0.25) is 9.48 Å². The molecule has 5 rings (SSSR count). The predicted octanol–water partition coefficient (Wildman–Crippen LogP) is 4.21. The summed E-state index contributed by atoms with van der Waals surface area (Å²) in [6.45, 7) is 5.50. The zero-order valence-electron chi connectivity index (χ0n) is 20.1. The number of hydrogen-bond acceptors (Lipinski definition) is 7. The maximum atomic E-state index is 13.8. The lowest BCUT2D eigenvalue weighted by Crippen LogP contribution is -2.40. The molecule has 0 aliphatic carbocycles. The minimum atomic E-state index is -0.752. The van der Waals surface area contributed by atoms with Crippen molar-refractivity contribution in [3.05, 3.63) is 63.4 Å². The van der Waals surface area contributed by atoms with Crippen molar-refractivity contribution in [2.45, 2.75) is 51.7 Å². The van der Waals surface area contributed by atoms with Crippen LogP contribution < -0.4 is 4.74 Å². The van der Waals surface area contributed by atoms with Crippen LogP contribution in [0.1, 0.15) is 47.3 Å². The average molecular weight is 516 g/mol. The molecule has 0 spiro atoms. The van der Waals surface area contributed by atoms with E-state index < -0.39 is 23.5 Å². The number of likely N-dealkylation sites (tertiary alicyclic amines) is 1. The minimum Gasteiger partial charge on any atom is -0.484 e. The normalized spacial score (nSPS) is 18.3. The Hall–Kier alpha value is -3.34. The molecule has 1 amide bonds. The molecule has 0 bridgehead atoms. The van der Waals surface area contributed by atoms with E-state index >= 15 is 0 Å². The van der Waals surface area contributed by atoms with Crippen molar-refractivity contribution in [3.63, 3.8) is 0 Å². The van der Waals surface area contributed by atoms with Gasteiger partial charge < -0.3 is 14.5 Å². The molecule has 11 heteroatoms. The predicted molar refractivity (Wildman–Crippen MR) is 130 cm³/mol. The fourth-order valence-electron chi connectivity index (χ4n) is 4.51. The van der Waals surface area contributed by atoms with E-state index in [0.717, 1.165) is 47.1 Å². The molecule has 0 radical (unpaired) electrons. The number of thiazole rings is 1. The summed E-state index contributed by atoms with van der Waals surface area (Å²) in [5, 5.41) is 11.5. The Balaban J connectivity index is 1.11. The van der Waals surface area contributed by atoms with E-state index in [1.165, 1.54) is 6.07 Å². The Labute approximate surface area is 211 Å². The summed E-state index contributed by atoms with van der Waals surface area (Å²) in [7, 11) is 0. The number of piperidine rings is 1. The van der Waals surface area contributed by atoms with Crippen LogP contribution in [0, 0.1) is 25.5 Å². The number of benzene rings is 1. The van der Waals surface area contributed by atoms with Gasteiger partial charge in [-0.05, 0) is 44.9 Å². The van der Waals surface area contributed by atoms with Gasteiger partial charge in [0, 0.05) is 36.5 Å². The van der Waals surface area contributed by atoms with Crippen molar-refractivity contribution < 1.29 is 23.1 Å². The Morgan fingerprint density at radius 3 is 2.67 bits per heavy atom. The molecule has 1 unspecified atom stereocenters. The van der Waals surface area contributed by atoms with Crippen molar-refractivity contribution in [2.75, 3.05) is 19.7 Å². The number of halogens is 2. The van der Waals surface area contributed by atoms with Gasteiger partial charge in [-0.25, -0.2) is 13.8 Å². The lowest BCUT2D eigenvalue weighted by atomic mass is 9.97. The molecule has 2 aromatic heterocycles. The number of hydrogen-bond donors (Lipinski definition) is 0. The van der Waals surface area contributed by atoms with Crippen molar-refractivity contribution in [1.82, 2.24) is 19.7 Å². The fourth-order valence-corrected chi connectivity index (χ4v) is 5.51. The first-order chi connectivity index (χ1) is 17.4. The molecule has 4 heterocycles. The van der Waals surface area contributed by atoms with E-state index in [-0.39, 0.29) is 25.0 Å². The molecule has 2 aliphatic rings. The van der Waals surface area contributed by atoms with Crippen LogP contribution in [0.5, 0.6) is 5.75 Å². The number of amides is 1. The van der Waals surface area contributed by atoms with Gasteiger partial charge >= 0.3 is 0 Å². The highest BCUT2D eigenvalue weighted by molar-refractivity contribution is 7.10. The van der Waals surface area contributed by atoms with E-state index in [4.69, 9.17) is 14.6 Å². The topological polar surface area (TPSA) is 81.8 Å². The average Bonchev–Trinajstić information content (AvgIpc) is 3.59. The lowest BCUT2D eigenvalue weighted by Gasteiger charge is -2.31. The molecule has 36 heavy (non-hydrogen) atoms. The van der Waals surface area contributed by atoms with Crippen molar-refractivity contribution in [1.29, 1.82) is 0 Å². The zero-order chi connectivity index (χ0) is 25.2. The largest absolute Gasteiger partial charge is 0.484 e. The van der Waals surface area contributed by atoms with Gasteiger partial charge in [0.25, 0.3) is 0 Å². The van der Waals surface area contributed by atoms with Crippen LogP contribution in [0.3, 0.4) is 0 Å². The standard InChI is InChI=1S/C25H27F2N5O3S/c1-15-10-16(2)32(29-15)12-23(33)31-8-6-17(7-9-31)25-28-22(14-36-25)21-11-18(35-30-21)13-34-24-19(26)4-3-5-20(24)27/h3-5,10,14,17-18H,6-9,11-13H2,1-2H3. The second kappa shape index (κ2) is 10.3. The number of aromatic nitrogens is 3. The number of carbonyl (C=O) groups is 1. The first-order valence-electron chi connectivity index (χ1n) is 11.9. The number of aryl methyl sites for hydroxylation is 2. The molecule has 1 fully saturated rings. The number of ether oxygens (including phenoxy) is 1. The van der Waals surface area contributed by atoms with Crippen molar-refractivity contribution in [2.24, 2.45) is 5.16 Å². The molecule has 0 N–H and O–H groups in total. The second-order valence-electron chi connectivity index (χ2n) is 9.14. The third-order valence-electron chi connectivity index (χ3n) is 6.47. The van der Waals surface area contributed by atoms with Crippen LogP contribution in [0.4, 0.5) is 8.78 Å². The molecular weight excluding hydrogens is 488 g/mol. The van der Waals surface area contributed by atoms with Gasteiger partial charge in [0.2, 0.25) is 5.91 Å². The quantitative estimate of drug-likeness (QED) is 0.471. The van der Waals surface area contributed by atoms with E-state index in [0.29, 0.717) is 25.2 Å². The highest BCUT2D eigenvalue weighted by Gasteiger charge is 2.29. The van der Waals surface area contributed by atoms with Crippen LogP contribution in [0.2, 0.25) is 0 Å². The highest BCUT2D eigenvalue weighted by Crippen LogP contribution is 2.31. The third-order valence-corrected chi connectivity index (χ3v) is 7.48. The Kier molecular flexibility index (Phi) is 6.99. The summed E-state index contributed by atoms with van der Waals surface area (Å²) >= 11 is 1.58. The summed E-state index contributed by atoms with van der Waals surface area (Å²) in [5.74, 6) is -1.55. The van der Waals surface area contributed by atoms with Gasteiger partial charge in [-0.1, -0.05) is 11.2 Å². The molecule has 1 saturated heterocycles. The summed E-state index contributed by atoms with van der Waals surface area (Å²) in [4.78, 5) is 24.8. The zero-order valence-corrected chi connectivity index (χ0v) is 20.9. The number of para-hydroxylation sites is 1. The smallest absolute Gasteiger partial charge is 0.244 e. The molecule has 2 aliphatic heterocycles. The minimum absolute atomic E-state index is 0.0219. The first kappa shape index (κ1) is 24.4.